The summed E-state index contributed by atoms with van der Waals surface area (Å²) in [5.74, 6) is -6.18. The molecule has 196 valence electrons. The molecule has 0 amide bonds. The third-order valence-electron chi connectivity index (χ3n) is 5.16. The number of ether oxygens (including phenoxy) is 1. The van der Waals surface area contributed by atoms with Gasteiger partial charge in [-0.2, -0.15) is 0 Å². The van der Waals surface area contributed by atoms with Crippen LogP contribution in [0, 0.1) is 0 Å². The molecule has 1 aromatic heterocycles. The van der Waals surface area contributed by atoms with Crippen LogP contribution >= 0.6 is 0 Å². The topological polar surface area (TPSA) is 181 Å². The third kappa shape index (κ3) is 12.7. The van der Waals surface area contributed by atoms with Gasteiger partial charge >= 0.3 is 23.9 Å². The molecule has 2 aliphatic heterocycles. The summed E-state index contributed by atoms with van der Waals surface area (Å²) in [5, 5.41) is 29.6. The van der Waals surface area contributed by atoms with E-state index >= 15 is 0 Å². The molecule has 13 nitrogen and oxygen atoms in total. The molecule has 2 saturated heterocycles. The second-order valence-corrected chi connectivity index (χ2v) is 8.11. The number of rotatable bonds is 5. The predicted molar refractivity (Wildman–Crippen MR) is 124 cm³/mol. The second-order valence-electron chi connectivity index (χ2n) is 8.11. The molecule has 0 saturated carbocycles. The number of aromatic nitrogens is 1. The molecule has 2 aliphatic rings. The van der Waals surface area contributed by atoms with E-state index in [2.05, 4.69) is 45.7 Å². The van der Waals surface area contributed by atoms with Gasteiger partial charge in [0, 0.05) is 45.5 Å². The van der Waals surface area contributed by atoms with E-state index in [1.54, 1.807) is 0 Å². The number of nitrogens with zero attached hydrogens (tertiary/aromatic N) is 4. The maximum Gasteiger partial charge on any atom is 0.414 e. The monoisotopic (exact) mass is 498 g/mol. The lowest BCUT2D eigenvalue weighted by atomic mass is 10.2. The number of morpholine rings is 1. The standard InChI is InChI=1S/C18H30N4O.2C2H2O4/c1-16-14-21(15-17(2)23-16)9-5-8-20-10-12-22(13-11-20)18-6-3-4-7-19-18;2*3-1(4)2(5)6/h3-4,6-7,16-17H,5,8-15H2,1-2H3;2*(H,3,4)(H,5,6). The van der Waals surface area contributed by atoms with Crippen LogP contribution in [0.2, 0.25) is 0 Å². The third-order valence-corrected chi connectivity index (χ3v) is 5.16. The Bertz CT molecular complexity index is 758. The summed E-state index contributed by atoms with van der Waals surface area (Å²) in [6.45, 7) is 13.4. The Morgan fingerprint density at radius 2 is 1.31 bits per heavy atom. The summed E-state index contributed by atoms with van der Waals surface area (Å²) >= 11 is 0. The summed E-state index contributed by atoms with van der Waals surface area (Å²) in [6, 6.07) is 6.16. The molecule has 2 atom stereocenters. The first-order chi connectivity index (χ1) is 16.5. The van der Waals surface area contributed by atoms with Crippen molar-refractivity contribution in [2.24, 2.45) is 0 Å². The van der Waals surface area contributed by atoms with E-state index in [0.717, 1.165) is 45.1 Å². The molecule has 0 radical (unpaired) electrons. The van der Waals surface area contributed by atoms with Gasteiger partial charge in [0.25, 0.3) is 0 Å². The van der Waals surface area contributed by atoms with Gasteiger partial charge in [0.2, 0.25) is 0 Å². The van der Waals surface area contributed by atoms with E-state index in [9.17, 15) is 0 Å². The number of carbonyl (C=O) groups is 4. The van der Waals surface area contributed by atoms with Crippen molar-refractivity contribution in [3.8, 4) is 0 Å². The van der Waals surface area contributed by atoms with Crippen molar-refractivity contribution in [1.29, 1.82) is 0 Å². The van der Waals surface area contributed by atoms with Crippen molar-refractivity contribution in [3.05, 3.63) is 24.4 Å². The molecular weight excluding hydrogens is 464 g/mol. The highest BCUT2D eigenvalue weighted by molar-refractivity contribution is 6.27. The first-order valence-corrected chi connectivity index (χ1v) is 11.2. The number of anilines is 1. The fourth-order valence-corrected chi connectivity index (χ4v) is 3.73. The first kappa shape index (κ1) is 29.7. The minimum Gasteiger partial charge on any atom is -0.473 e. The average Bonchev–Trinajstić information content (AvgIpc) is 2.80. The van der Waals surface area contributed by atoms with Gasteiger partial charge in [0.15, 0.2) is 0 Å². The molecule has 0 aromatic carbocycles. The first-order valence-electron chi connectivity index (χ1n) is 11.2. The van der Waals surface area contributed by atoms with E-state index in [4.69, 9.17) is 44.3 Å². The van der Waals surface area contributed by atoms with Gasteiger partial charge in [-0.3, -0.25) is 9.80 Å². The normalized spacial score (nSPS) is 20.5. The van der Waals surface area contributed by atoms with Gasteiger partial charge in [-0.25, -0.2) is 24.2 Å². The number of carboxylic acids is 4. The molecule has 0 bridgehead atoms. The van der Waals surface area contributed by atoms with E-state index < -0.39 is 23.9 Å². The summed E-state index contributed by atoms with van der Waals surface area (Å²) in [7, 11) is 0. The molecule has 2 fully saturated rings. The molecule has 0 aliphatic carbocycles. The van der Waals surface area contributed by atoms with Crippen molar-refractivity contribution in [1.82, 2.24) is 14.8 Å². The number of carboxylic acid groups (broad SMARTS) is 4. The van der Waals surface area contributed by atoms with Crippen LogP contribution in [0.4, 0.5) is 5.82 Å². The maximum absolute atomic E-state index is 9.10. The zero-order valence-electron chi connectivity index (χ0n) is 19.9. The lowest BCUT2D eigenvalue weighted by molar-refractivity contribution is -0.159. The van der Waals surface area contributed by atoms with Gasteiger partial charge in [0.05, 0.1) is 12.2 Å². The molecule has 13 heteroatoms. The van der Waals surface area contributed by atoms with Crippen molar-refractivity contribution in [2.45, 2.75) is 32.5 Å². The summed E-state index contributed by atoms with van der Waals surface area (Å²) in [4.78, 5) is 48.4. The Kier molecular flexibility index (Phi) is 13.2. The predicted octanol–water partition coefficient (Wildman–Crippen LogP) is 0.0141. The highest BCUT2D eigenvalue weighted by Crippen LogP contribution is 2.14. The summed E-state index contributed by atoms with van der Waals surface area (Å²) in [5.41, 5.74) is 0. The minimum absolute atomic E-state index is 0.376. The number of hydrogen-bond donors (Lipinski definition) is 4. The Balaban J connectivity index is 0.000000425. The Morgan fingerprint density at radius 3 is 1.74 bits per heavy atom. The van der Waals surface area contributed by atoms with E-state index in [0.29, 0.717) is 12.2 Å². The van der Waals surface area contributed by atoms with Gasteiger partial charge < -0.3 is 30.1 Å². The lowest BCUT2D eigenvalue weighted by Gasteiger charge is -2.37. The Morgan fingerprint density at radius 1 is 0.829 bits per heavy atom. The van der Waals surface area contributed by atoms with Crippen LogP contribution in [0.1, 0.15) is 20.3 Å². The van der Waals surface area contributed by atoms with Gasteiger partial charge in [0.1, 0.15) is 5.82 Å². The molecule has 3 heterocycles. The Hall–Kier alpha value is -3.29. The molecule has 1 aromatic rings. The number of hydrogen-bond acceptors (Lipinski definition) is 9. The molecule has 3 rings (SSSR count). The molecule has 4 N–H and O–H groups in total. The van der Waals surface area contributed by atoms with E-state index in [1.165, 1.54) is 19.5 Å². The van der Waals surface area contributed by atoms with Crippen LogP contribution in [0.3, 0.4) is 0 Å². The molecule has 0 spiro atoms. The quantitative estimate of drug-likeness (QED) is 0.399. The van der Waals surface area contributed by atoms with Crippen LogP contribution in [-0.4, -0.2) is 124 Å². The maximum atomic E-state index is 9.10. The SMILES string of the molecule is CC1CN(CCCN2CCN(c3ccccn3)CC2)CC(C)O1.O=C(O)C(=O)O.O=C(O)C(=O)O. The highest BCUT2D eigenvalue weighted by Gasteiger charge is 2.22. The van der Waals surface area contributed by atoms with E-state index in [1.807, 2.05) is 12.3 Å². The van der Waals surface area contributed by atoms with Crippen LogP contribution in [0.25, 0.3) is 0 Å². The van der Waals surface area contributed by atoms with Gasteiger partial charge in [-0.15, -0.1) is 0 Å². The summed E-state index contributed by atoms with van der Waals surface area (Å²) in [6.07, 6.45) is 3.89. The highest BCUT2D eigenvalue weighted by atomic mass is 16.5. The minimum atomic E-state index is -1.82. The fraction of sp³-hybridized carbons (Fsp3) is 0.591. The molecule has 2 unspecified atom stereocenters. The Labute approximate surface area is 203 Å². The number of piperazine rings is 1. The van der Waals surface area contributed by atoms with Crippen LogP contribution in [0.5, 0.6) is 0 Å². The van der Waals surface area contributed by atoms with Crippen molar-refractivity contribution < 1.29 is 44.3 Å². The van der Waals surface area contributed by atoms with Crippen molar-refractivity contribution >= 4 is 29.7 Å². The van der Waals surface area contributed by atoms with Gasteiger partial charge in [-0.05, 0) is 45.5 Å². The zero-order chi connectivity index (χ0) is 26.4. The van der Waals surface area contributed by atoms with Crippen molar-refractivity contribution in [2.75, 3.05) is 57.3 Å². The fourth-order valence-electron chi connectivity index (χ4n) is 3.73. The average molecular weight is 499 g/mol. The van der Waals surface area contributed by atoms with Crippen LogP contribution in [-0.2, 0) is 23.9 Å². The zero-order valence-corrected chi connectivity index (χ0v) is 19.9. The van der Waals surface area contributed by atoms with Crippen LogP contribution in [0.15, 0.2) is 24.4 Å². The van der Waals surface area contributed by atoms with Crippen LogP contribution < -0.4 is 4.90 Å². The van der Waals surface area contributed by atoms with E-state index in [-0.39, 0.29) is 0 Å². The second kappa shape index (κ2) is 15.6. The smallest absolute Gasteiger partial charge is 0.414 e. The number of pyridine rings is 1. The van der Waals surface area contributed by atoms with Crippen molar-refractivity contribution in [3.63, 3.8) is 0 Å². The number of aliphatic carboxylic acids is 4. The lowest BCUT2D eigenvalue weighted by Crippen LogP contribution is -2.48. The van der Waals surface area contributed by atoms with Gasteiger partial charge in [-0.1, -0.05) is 6.07 Å². The summed E-state index contributed by atoms with van der Waals surface area (Å²) < 4.78 is 5.80. The largest absolute Gasteiger partial charge is 0.473 e. The molecule has 35 heavy (non-hydrogen) atoms. The molecular formula is C22H34N4O9.